The highest BCUT2D eigenvalue weighted by molar-refractivity contribution is 7.09. The molecule has 0 aliphatic carbocycles. The summed E-state index contributed by atoms with van der Waals surface area (Å²) in [6, 6.07) is 1.83. The molecule has 0 bridgehead atoms. The van der Waals surface area contributed by atoms with Gasteiger partial charge in [-0.25, -0.2) is 15.0 Å². The fourth-order valence-corrected chi connectivity index (χ4v) is 2.05. The van der Waals surface area contributed by atoms with Crippen molar-refractivity contribution in [3.8, 4) is 5.88 Å². The molecule has 0 radical (unpaired) electrons. The van der Waals surface area contributed by atoms with Gasteiger partial charge in [-0.05, 0) is 6.92 Å². The maximum atomic E-state index is 5.34. The third-order valence-electron chi connectivity index (χ3n) is 2.17. The minimum atomic E-state index is 0.600. The van der Waals surface area contributed by atoms with Gasteiger partial charge in [-0.1, -0.05) is 0 Å². The van der Waals surface area contributed by atoms with Gasteiger partial charge in [0.25, 0.3) is 0 Å². The van der Waals surface area contributed by atoms with Gasteiger partial charge in [0.15, 0.2) is 0 Å². The summed E-state index contributed by atoms with van der Waals surface area (Å²) in [6.45, 7) is 3.27. The van der Waals surface area contributed by atoms with Gasteiger partial charge in [0.05, 0.1) is 13.2 Å². The van der Waals surface area contributed by atoms with Crippen molar-refractivity contribution >= 4 is 17.2 Å². The first kappa shape index (κ1) is 11.8. The SMILES string of the molecule is CCOc1cc(N(C)Cc2nccs2)ncn1. The molecule has 0 amide bonds. The van der Waals surface area contributed by atoms with Gasteiger partial charge in [-0.15, -0.1) is 11.3 Å². The third-order valence-corrected chi connectivity index (χ3v) is 2.93. The van der Waals surface area contributed by atoms with E-state index < -0.39 is 0 Å². The molecule has 0 fully saturated rings. The Labute approximate surface area is 104 Å². The van der Waals surface area contributed by atoms with E-state index in [-0.39, 0.29) is 0 Å². The van der Waals surface area contributed by atoms with Crippen molar-refractivity contribution in [2.24, 2.45) is 0 Å². The molecule has 90 valence electrons. The average molecular weight is 250 g/mol. The first-order valence-electron chi connectivity index (χ1n) is 5.34. The molecule has 0 unspecified atom stereocenters. The number of hydrogen-bond acceptors (Lipinski definition) is 6. The first-order valence-corrected chi connectivity index (χ1v) is 6.22. The van der Waals surface area contributed by atoms with E-state index in [0.29, 0.717) is 12.5 Å². The zero-order valence-corrected chi connectivity index (χ0v) is 10.6. The van der Waals surface area contributed by atoms with Crippen LogP contribution >= 0.6 is 11.3 Å². The lowest BCUT2D eigenvalue weighted by molar-refractivity contribution is 0.326. The molecule has 0 saturated carbocycles. The molecule has 2 heterocycles. The van der Waals surface area contributed by atoms with E-state index in [9.17, 15) is 0 Å². The van der Waals surface area contributed by atoms with Gasteiger partial charge in [0.1, 0.15) is 17.2 Å². The van der Waals surface area contributed by atoms with Crippen LogP contribution in [0.25, 0.3) is 0 Å². The summed E-state index contributed by atoms with van der Waals surface area (Å²) in [5.74, 6) is 1.43. The van der Waals surface area contributed by atoms with Crippen LogP contribution in [0.2, 0.25) is 0 Å². The molecule has 5 nitrogen and oxygen atoms in total. The Bertz CT molecular complexity index is 460. The van der Waals surface area contributed by atoms with E-state index in [2.05, 4.69) is 15.0 Å². The largest absolute Gasteiger partial charge is 0.478 e. The predicted molar refractivity (Wildman–Crippen MR) is 67.4 cm³/mol. The van der Waals surface area contributed by atoms with Gasteiger partial charge >= 0.3 is 0 Å². The highest BCUT2D eigenvalue weighted by atomic mass is 32.1. The van der Waals surface area contributed by atoms with Gasteiger partial charge in [-0.2, -0.15) is 0 Å². The Kier molecular flexibility index (Phi) is 3.87. The number of nitrogens with zero attached hydrogens (tertiary/aromatic N) is 4. The molecule has 0 aliphatic heterocycles. The molecule has 2 aromatic rings. The summed E-state index contributed by atoms with van der Waals surface area (Å²) in [6.07, 6.45) is 3.32. The highest BCUT2D eigenvalue weighted by Gasteiger charge is 2.07. The standard InChI is InChI=1S/C11H14N4OS/c1-3-16-10-6-9(13-8-14-10)15(2)7-11-12-4-5-17-11/h4-6,8H,3,7H2,1-2H3. The summed E-state index contributed by atoms with van der Waals surface area (Å²) in [4.78, 5) is 14.5. The summed E-state index contributed by atoms with van der Waals surface area (Å²) < 4.78 is 5.34. The van der Waals surface area contributed by atoms with E-state index in [4.69, 9.17) is 4.74 Å². The monoisotopic (exact) mass is 250 g/mol. The second-order valence-corrected chi connectivity index (χ2v) is 4.41. The van der Waals surface area contributed by atoms with Crippen LogP contribution in [0, 0.1) is 0 Å². The Morgan fingerprint density at radius 2 is 2.24 bits per heavy atom. The van der Waals surface area contributed by atoms with Crippen LogP contribution in [0.4, 0.5) is 5.82 Å². The molecule has 0 spiro atoms. The average Bonchev–Trinajstić information content (AvgIpc) is 2.83. The van der Waals surface area contributed by atoms with Crippen LogP contribution in [-0.2, 0) is 6.54 Å². The number of rotatable bonds is 5. The molecule has 17 heavy (non-hydrogen) atoms. The van der Waals surface area contributed by atoms with Crippen LogP contribution in [0.1, 0.15) is 11.9 Å². The Balaban J connectivity index is 2.07. The number of anilines is 1. The van der Waals surface area contributed by atoms with Crippen LogP contribution in [0.15, 0.2) is 24.0 Å². The van der Waals surface area contributed by atoms with E-state index in [1.165, 1.54) is 6.33 Å². The number of hydrogen-bond donors (Lipinski definition) is 0. The van der Waals surface area contributed by atoms with Crippen molar-refractivity contribution in [3.63, 3.8) is 0 Å². The number of ether oxygens (including phenoxy) is 1. The van der Waals surface area contributed by atoms with Crippen molar-refractivity contribution in [2.75, 3.05) is 18.6 Å². The van der Waals surface area contributed by atoms with Crippen LogP contribution in [-0.4, -0.2) is 28.6 Å². The third kappa shape index (κ3) is 3.13. The van der Waals surface area contributed by atoms with E-state index >= 15 is 0 Å². The molecule has 2 rings (SSSR count). The van der Waals surface area contributed by atoms with Crippen molar-refractivity contribution in [1.29, 1.82) is 0 Å². The lowest BCUT2D eigenvalue weighted by atomic mass is 10.5. The topological polar surface area (TPSA) is 51.1 Å². The normalized spacial score (nSPS) is 10.2. The van der Waals surface area contributed by atoms with Gasteiger partial charge in [0, 0.05) is 24.7 Å². The zero-order chi connectivity index (χ0) is 12.1. The minimum absolute atomic E-state index is 0.600. The number of thiazole rings is 1. The van der Waals surface area contributed by atoms with E-state index in [1.54, 1.807) is 17.5 Å². The summed E-state index contributed by atoms with van der Waals surface area (Å²) in [5.41, 5.74) is 0. The predicted octanol–water partition coefficient (Wildman–Crippen LogP) is 1.97. The van der Waals surface area contributed by atoms with Crippen molar-refractivity contribution < 1.29 is 4.74 Å². The van der Waals surface area contributed by atoms with Crippen LogP contribution < -0.4 is 9.64 Å². The van der Waals surface area contributed by atoms with Crippen molar-refractivity contribution in [1.82, 2.24) is 15.0 Å². The fraction of sp³-hybridized carbons (Fsp3) is 0.364. The van der Waals surface area contributed by atoms with Gasteiger partial charge in [-0.3, -0.25) is 0 Å². The maximum Gasteiger partial charge on any atom is 0.218 e. The number of aromatic nitrogens is 3. The van der Waals surface area contributed by atoms with Crippen molar-refractivity contribution in [3.05, 3.63) is 29.0 Å². The van der Waals surface area contributed by atoms with E-state index in [1.807, 2.05) is 30.3 Å². The lowest BCUT2D eigenvalue weighted by Crippen LogP contribution is -2.17. The second-order valence-electron chi connectivity index (χ2n) is 3.43. The molecule has 0 N–H and O–H groups in total. The summed E-state index contributed by atoms with van der Waals surface area (Å²) >= 11 is 1.63. The lowest BCUT2D eigenvalue weighted by Gasteiger charge is -2.16. The molecule has 0 aliphatic rings. The maximum absolute atomic E-state index is 5.34. The summed E-state index contributed by atoms with van der Waals surface area (Å²) in [7, 11) is 1.97. The molecule has 0 atom stereocenters. The first-order chi connectivity index (χ1) is 8.29. The van der Waals surface area contributed by atoms with Crippen LogP contribution in [0.5, 0.6) is 5.88 Å². The fourth-order valence-electron chi connectivity index (χ4n) is 1.38. The molecular weight excluding hydrogens is 236 g/mol. The molecule has 6 heteroatoms. The highest BCUT2D eigenvalue weighted by Crippen LogP contribution is 2.17. The zero-order valence-electron chi connectivity index (χ0n) is 9.83. The molecule has 0 aromatic carbocycles. The second kappa shape index (κ2) is 5.58. The minimum Gasteiger partial charge on any atom is -0.478 e. The smallest absolute Gasteiger partial charge is 0.218 e. The summed E-state index contributed by atoms with van der Waals surface area (Å²) in [5, 5.41) is 3.03. The molecule has 2 aromatic heterocycles. The Hall–Kier alpha value is -1.69. The van der Waals surface area contributed by atoms with Gasteiger partial charge in [0.2, 0.25) is 5.88 Å². The van der Waals surface area contributed by atoms with Crippen molar-refractivity contribution in [2.45, 2.75) is 13.5 Å². The quantitative estimate of drug-likeness (QED) is 0.812. The molecular formula is C11H14N4OS. The van der Waals surface area contributed by atoms with Crippen LogP contribution in [0.3, 0.4) is 0 Å². The Morgan fingerprint density at radius 1 is 1.35 bits per heavy atom. The molecule has 0 saturated heterocycles. The van der Waals surface area contributed by atoms with E-state index in [0.717, 1.165) is 17.4 Å². The van der Waals surface area contributed by atoms with Gasteiger partial charge < -0.3 is 9.64 Å². The Morgan fingerprint density at radius 3 is 2.94 bits per heavy atom.